The number of para-hydroxylation sites is 2. The number of ether oxygens (including phenoxy) is 1. The van der Waals surface area contributed by atoms with E-state index in [4.69, 9.17) is 4.74 Å². The van der Waals surface area contributed by atoms with E-state index in [1.165, 1.54) is 20.1 Å². The lowest BCUT2D eigenvalue weighted by Crippen LogP contribution is -2.03. The smallest absolute Gasteiger partial charge is 0.200 e. The fraction of sp³-hybridized carbons (Fsp3) is 0.167. The first-order valence-electron chi connectivity index (χ1n) is 7.41. The molecule has 26 heavy (non-hydrogen) atoms. The first kappa shape index (κ1) is 19.4. The molecule has 138 valence electrons. The van der Waals surface area contributed by atoms with Gasteiger partial charge in [0, 0.05) is 11.4 Å². The van der Waals surface area contributed by atoms with Crippen LogP contribution < -0.4 is 10.1 Å². The number of hydrogen-bond acceptors (Lipinski definition) is 3. The van der Waals surface area contributed by atoms with Crippen molar-refractivity contribution >= 4 is 17.1 Å². The molecule has 0 saturated carbocycles. The Morgan fingerprint density at radius 3 is 2.04 bits per heavy atom. The second-order valence-corrected chi connectivity index (χ2v) is 5.32. The Labute approximate surface area is 146 Å². The van der Waals surface area contributed by atoms with E-state index in [1.54, 1.807) is 31.2 Å². The predicted octanol–water partition coefficient (Wildman–Crippen LogP) is 5.50. The Morgan fingerprint density at radius 1 is 0.923 bits per heavy atom. The lowest BCUT2D eigenvalue weighted by molar-refractivity contribution is 0.381. The SMILES string of the molecule is COc1ccccc1N/C(C)=C\C(C)=Nc1c(F)c(F)c(F)c(F)c1F. The van der Waals surface area contributed by atoms with Gasteiger partial charge in [-0.25, -0.2) is 26.9 Å². The van der Waals surface area contributed by atoms with E-state index in [0.717, 1.165) is 0 Å². The van der Waals surface area contributed by atoms with Gasteiger partial charge in [-0.3, -0.25) is 0 Å². The molecule has 0 amide bonds. The van der Waals surface area contributed by atoms with Crippen LogP contribution >= 0.6 is 0 Å². The summed E-state index contributed by atoms with van der Waals surface area (Å²) in [6.07, 6.45) is 1.39. The third-order valence-electron chi connectivity index (χ3n) is 3.34. The summed E-state index contributed by atoms with van der Waals surface area (Å²) in [6.45, 7) is 3.01. The monoisotopic (exact) mass is 370 g/mol. The summed E-state index contributed by atoms with van der Waals surface area (Å²) in [5.41, 5.74) is -0.0549. The van der Waals surface area contributed by atoms with Crippen molar-refractivity contribution in [2.75, 3.05) is 12.4 Å². The number of hydrogen-bond donors (Lipinski definition) is 1. The number of halogens is 5. The number of allylic oxidation sites excluding steroid dienone is 2. The minimum atomic E-state index is -2.22. The topological polar surface area (TPSA) is 33.6 Å². The molecule has 0 aliphatic carbocycles. The molecule has 0 bridgehead atoms. The quantitative estimate of drug-likeness (QED) is 0.326. The van der Waals surface area contributed by atoms with Crippen molar-refractivity contribution in [3.05, 3.63) is 65.1 Å². The maximum atomic E-state index is 13.7. The van der Waals surface area contributed by atoms with Crippen molar-refractivity contribution in [3.63, 3.8) is 0 Å². The zero-order chi connectivity index (χ0) is 19.4. The number of benzene rings is 2. The van der Waals surface area contributed by atoms with Crippen LogP contribution in [0.25, 0.3) is 0 Å². The van der Waals surface area contributed by atoms with Gasteiger partial charge in [0.1, 0.15) is 11.4 Å². The minimum absolute atomic E-state index is 0.0353. The van der Waals surface area contributed by atoms with Crippen LogP contribution in [-0.4, -0.2) is 12.8 Å². The molecule has 0 spiro atoms. The summed E-state index contributed by atoms with van der Waals surface area (Å²) in [6, 6.07) is 7.02. The minimum Gasteiger partial charge on any atom is -0.495 e. The zero-order valence-electron chi connectivity index (χ0n) is 14.1. The molecule has 2 aromatic rings. The average Bonchev–Trinajstić information content (AvgIpc) is 2.62. The second-order valence-electron chi connectivity index (χ2n) is 5.32. The zero-order valence-corrected chi connectivity index (χ0v) is 14.1. The van der Waals surface area contributed by atoms with E-state index in [2.05, 4.69) is 10.3 Å². The number of methoxy groups -OCH3 is 1. The molecule has 0 saturated heterocycles. The average molecular weight is 370 g/mol. The van der Waals surface area contributed by atoms with Crippen molar-refractivity contribution in [1.82, 2.24) is 0 Å². The second kappa shape index (κ2) is 7.99. The van der Waals surface area contributed by atoms with Crippen LogP contribution in [-0.2, 0) is 0 Å². The Balaban J connectivity index is 2.34. The highest BCUT2D eigenvalue weighted by molar-refractivity contribution is 5.95. The van der Waals surface area contributed by atoms with Crippen LogP contribution in [0.5, 0.6) is 5.75 Å². The van der Waals surface area contributed by atoms with Crippen molar-refractivity contribution in [3.8, 4) is 5.75 Å². The van der Waals surface area contributed by atoms with Gasteiger partial charge in [0.15, 0.2) is 23.3 Å². The van der Waals surface area contributed by atoms with Gasteiger partial charge in [0.25, 0.3) is 0 Å². The van der Waals surface area contributed by atoms with Crippen LogP contribution in [0.1, 0.15) is 13.8 Å². The molecule has 0 aliphatic heterocycles. The van der Waals surface area contributed by atoms with Gasteiger partial charge < -0.3 is 10.1 Å². The number of nitrogens with one attached hydrogen (secondary N) is 1. The maximum absolute atomic E-state index is 13.7. The highest BCUT2D eigenvalue weighted by Gasteiger charge is 2.25. The third kappa shape index (κ3) is 4.01. The first-order chi connectivity index (χ1) is 12.3. The van der Waals surface area contributed by atoms with Crippen molar-refractivity contribution < 1.29 is 26.7 Å². The molecule has 1 N–H and O–H groups in total. The van der Waals surface area contributed by atoms with Crippen LogP contribution in [0.15, 0.2) is 41.0 Å². The fourth-order valence-electron chi connectivity index (χ4n) is 2.21. The molecule has 0 radical (unpaired) electrons. The lowest BCUT2D eigenvalue weighted by atomic mass is 10.2. The molecule has 0 unspecified atom stereocenters. The molecule has 0 aliphatic rings. The van der Waals surface area contributed by atoms with E-state index >= 15 is 0 Å². The molecule has 2 rings (SSSR count). The Bertz CT molecular complexity index is 864. The van der Waals surface area contributed by atoms with Gasteiger partial charge >= 0.3 is 0 Å². The van der Waals surface area contributed by atoms with Gasteiger partial charge in [0.05, 0.1) is 12.8 Å². The Hall–Kier alpha value is -2.90. The van der Waals surface area contributed by atoms with E-state index in [1.807, 2.05) is 0 Å². The van der Waals surface area contributed by atoms with Crippen molar-refractivity contribution in [2.45, 2.75) is 13.8 Å². The number of rotatable bonds is 5. The fourth-order valence-corrected chi connectivity index (χ4v) is 2.21. The highest BCUT2D eigenvalue weighted by atomic mass is 19.2. The molecule has 0 heterocycles. The van der Waals surface area contributed by atoms with Gasteiger partial charge in [-0.1, -0.05) is 12.1 Å². The molecule has 0 aromatic heterocycles. The number of nitrogens with zero attached hydrogens (tertiary/aromatic N) is 1. The predicted molar refractivity (Wildman–Crippen MR) is 89.4 cm³/mol. The van der Waals surface area contributed by atoms with Crippen LogP contribution in [0.4, 0.5) is 33.3 Å². The van der Waals surface area contributed by atoms with Gasteiger partial charge in [-0.2, -0.15) is 0 Å². The van der Waals surface area contributed by atoms with Crippen molar-refractivity contribution in [1.29, 1.82) is 0 Å². The van der Waals surface area contributed by atoms with E-state index in [9.17, 15) is 22.0 Å². The molecular weight excluding hydrogens is 355 g/mol. The van der Waals surface area contributed by atoms with Gasteiger partial charge in [0.2, 0.25) is 5.82 Å². The normalized spacial score (nSPS) is 12.3. The van der Waals surface area contributed by atoms with E-state index in [-0.39, 0.29) is 5.71 Å². The largest absolute Gasteiger partial charge is 0.495 e. The van der Waals surface area contributed by atoms with Gasteiger partial charge in [-0.05, 0) is 32.1 Å². The van der Waals surface area contributed by atoms with Gasteiger partial charge in [-0.15, -0.1) is 0 Å². The van der Waals surface area contributed by atoms with Crippen LogP contribution in [0.2, 0.25) is 0 Å². The molecule has 3 nitrogen and oxygen atoms in total. The molecular formula is C18H15F5N2O. The van der Waals surface area contributed by atoms with Crippen molar-refractivity contribution in [2.24, 2.45) is 4.99 Å². The summed E-state index contributed by atoms with van der Waals surface area (Å²) in [5, 5.41) is 3.00. The maximum Gasteiger partial charge on any atom is 0.200 e. The number of anilines is 1. The first-order valence-corrected chi connectivity index (χ1v) is 7.41. The summed E-state index contributed by atoms with van der Waals surface area (Å²) < 4.78 is 72.0. The molecule has 0 atom stereocenters. The summed E-state index contributed by atoms with van der Waals surface area (Å²) in [7, 11) is 1.50. The number of aliphatic imine (C=N–C) groups is 1. The Morgan fingerprint density at radius 2 is 1.46 bits per heavy atom. The van der Waals surface area contributed by atoms with E-state index < -0.39 is 34.8 Å². The summed E-state index contributed by atoms with van der Waals surface area (Å²) in [5.74, 6) is -9.70. The molecule has 0 fully saturated rings. The van der Waals surface area contributed by atoms with Crippen LogP contribution in [0, 0.1) is 29.1 Å². The van der Waals surface area contributed by atoms with Crippen LogP contribution in [0.3, 0.4) is 0 Å². The third-order valence-corrected chi connectivity index (χ3v) is 3.34. The molecule has 8 heteroatoms. The summed E-state index contributed by atoms with van der Waals surface area (Å²) in [4.78, 5) is 3.52. The highest BCUT2D eigenvalue weighted by Crippen LogP contribution is 2.30. The van der Waals surface area contributed by atoms with E-state index in [0.29, 0.717) is 17.1 Å². The standard InChI is InChI=1S/C18H15F5N2O/c1-9(24-11-6-4-5-7-12(11)26-3)8-10(2)25-18-16(22)14(20)13(19)15(21)17(18)23/h4-8,24H,1-3H3/b9-8-,25-10?. The Kier molecular flexibility index (Phi) is 5.97. The molecule has 2 aromatic carbocycles. The summed E-state index contributed by atoms with van der Waals surface area (Å²) >= 11 is 0. The lowest BCUT2D eigenvalue weighted by Gasteiger charge is -2.11.